The lowest BCUT2D eigenvalue weighted by Gasteiger charge is -2.10. The summed E-state index contributed by atoms with van der Waals surface area (Å²) >= 11 is 1.56. The molecule has 0 aromatic carbocycles. The molecule has 17 heavy (non-hydrogen) atoms. The molecule has 4 nitrogen and oxygen atoms in total. The number of nitrogens with zero attached hydrogens (tertiary/aromatic N) is 1. The van der Waals surface area contributed by atoms with E-state index in [-0.39, 0.29) is 6.10 Å². The van der Waals surface area contributed by atoms with Crippen molar-refractivity contribution in [1.29, 1.82) is 0 Å². The number of aromatic nitrogens is 1. The molecule has 0 bridgehead atoms. The van der Waals surface area contributed by atoms with Crippen LogP contribution in [-0.4, -0.2) is 16.8 Å². The molecule has 0 atom stereocenters. The van der Waals surface area contributed by atoms with Crippen LogP contribution in [0.2, 0.25) is 0 Å². The van der Waals surface area contributed by atoms with Crippen LogP contribution < -0.4 is 5.32 Å². The highest BCUT2D eigenvalue weighted by Gasteiger charge is 2.11. The smallest absolute Gasteiger partial charge is 0.411 e. The van der Waals surface area contributed by atoms with Crippen molar-refractivity contribution in [1.82, 2.24) is 4.57 Å². The lowest BCUT2D eigenvalue weighted by molar-refractivity contribution is 0.130. The van der Waals surface area contributed by atoms with E-state index in [1.54, 1.807) is 11.3 Å². The van der Waals surface area contributed by atoms with Gasteiger partial charge in [-0.1, -0.05) is 0 Å². The van der Waals surface area contributed by atoms with Gasteiger partial charge in [0.1, 0.15) is 5.00 Å². The second kappa shape index (κ2) is 5.05. The highest BCUT2D eigenvalue weighted by atomic mass is 32.1. The van der Waals surface area contributed by atoms with Gasteiger partial charge in [0.05, 0.1) is 11.8 Å². The number of thiophene rings is 1. The van der Waals surface area contributed by atoms with Crippen molar-refractivity contribution in [3.05, 3.63) is 36.0 Å². The summed E-state index contributed by atoms with van der Waals surface area (Å²) in [6.45, 7) is 3.64. The van der Waals surface area contributed by atoms with Crippen molar-refractivity contribution in [3.63, 3.8) is 0 Å². The van der Waals surface area contributed by atoms with Crippen LogP contribution >= 0.6 is 11.3 Å². The Kier molecular flexibility index (Phi) is 3.49. The van der Waals surface area contributed by atoms with Crippen LogP contribution in [-0.2, 0) is 4.74 Å². The van der Waals surface area contributed by atoms with E-state index < -0.39 is 6.09 Å². The monoisotopic (exact) mass is 250 g/mol. The Bertz CT molecular complexity index is 488. The Balaban J connectivity index is 2.12. The van der Waals surface area contributed by atoms with Crippen molar-refractivity contribution >= 4 is 23.1 Å². The largest absolute Gasteiger partial charge is 0.447 e. The van der Waals surface area contributed by atoms with Crippen molar-refractivity contribution in [3.8, 4) is 5.00 Å². The molecule has 0 saturated carbocycles. The maximum Gasteiger partial charge on any atom is 0.411 e. The summed E-state index contributed by atoms with van der Waals surface area (Å²) < 4.78 is 7.00. The van der Waals surface area contributed by atoms with Crippen molar-refractivity contribution in [2.45, 2.75) is 20.0 Å². The number of amides is 1. The molecule has 2 rings (SSSR count). The van der Waals surface area contributed by atoms with Crippen LogP contribution in [0.25, 0.3) is 5.00 Å². The third kappa shape index (κ3) is 2.88. The van der Waals surface area contributed by atoms with Gasteiger partial charge in [-0.3, -0.25) is 5.32 Å². The second-order valence-corrected chi connectivity index (χ2v) is 4.70. The van der Waals surface area contributed by atoms with Crippen molar-refractivity contribution < 1.29 is 9.53 Å². The Morgan fingerprint density at radius 1 is 1.41 bits per heavy atom. The Morgan fingerprint density at radius 3 is 2.76 bits per heavy atom. The summed E-state index contributed by atoms with van der Waals surface area (Å²) in [5, 5.41) is 5.64. The lowest BCUT2D eigenvalue weighted by Crippen LogP contribution is -2.18. The number of carbonyl (C=O) groups excluding carboxylic acids is 1. The van der Waals surface area contributed by atoms with Crippen LogP contribution in [0.5, 0.6) is 0 Å². The molecule has 2 aromatic rings. The molecule has 1 amide bonds. The number of carbonyl (C=O) groups is 1. The molecular formula is C12H14N2O2S. The Morgan fingerprint density at radius 2 is 2.12 bits per heavy atom. The normalized spacial score (nSPS) is 10.5. The molecule has 2 aromatic heterocycles. The van der Waals surface area contributed by atoms with Crippen LogP contribution in [0.15, 0.2) is 36.0 Å². The van der Waals surface area contributed by atoms with Crippen LogP contribution in [0.1, 0.15) is 13.8 Å². The number of anilines is 1. The van der Waals surface area contributed by atoms with Gasteiger partial charge in [-0.25, -0.2) is 4.79 Å². The van der Waals surface area contributed by atoms with Gasteiger partial charge in [0, 0.05) is 12.4 Å². The van der Waals surface area contributed by atoms with E-state index >= 15 is 0 Å². The minimum absolute atomic E-state index is 0.122. The van der Waals surface area contributed by atoms with Gasteiger partial charge in [0.25, 0.3) is 0 Å². The summed E-state index contributed by atoms with van der Waals surface area (Å²) in [4.78, 5) is 11.5. The summed E-state index contributed by atoms with van der Waals surface area (Å²) in [7, 11) is 0. The maximum absolute atomic E-state index is 11.5. The molecule has 0 saturated heterocycles. The van der Waals surface area contributed by atoms with Gasteiger partial charge in [-0.15, -0.1) is 11.3 Å². The number of nitrogens with one attached hydrogen (secondary N) is 1. The Labute approximate surface area is 104 Å². The molecule has 90 valence electrons. The van der Waals surface area contributed by atoms with Gasteiger partial charge >= 0.3 is 6.09 Å². The fraction of sp³-hybridized carbons (Fsp3) is 0.250. The number of ether oxygens (including phenoxy) is 1. The third-order valence-electron chi connectivity index (χ3n) is 2.06. The van der Waals surface area contributed by atoms with E-state index in [4.69, 9.17) is 4.74 Å². The molecule has 2 heterocycles. The van der Waals surface area contributed by atoms with Crippen LogP contribution in [0, 0.1) is 0 Å². The zero-order valence-electron chi connectivity index (χ0n) is 9.71. The minimum atomic E-state index is -0.424. The molecule has 1 N–H and O–H groups in total. The fourth-order valence-electron chi connectivity index (χ4n) is 1.42. The van der Waals surface area contributed by atoms with Gasteiger partial charge in [0.2, 0.25) is 0 Å². The highest BCUT2D eigenvalue weighted by molar-refractivity contribution is 7.13. The van der Waals surface area contributed by atoms with E-state index in [9.17, 15) is 4.79 Å². The maximum atomic E-state index is 11.5. The topological polar surface area (TPSA) is 43.3 Å². The van der Waals surface area contributed by atoms with E-state index in [1.165, 1.54) is 0 Å². The van der Waals surface area contributed by atoms with Gasteiger partial charge in [-0.05, 0) is 37.4 Å². The minimum Gasteiger partial charge on any atom is -0.447 e. The van der Waals surface area contributed by atoms with E-state index in [1.807, 2.05) is 54.4 Å². The average Bonchev–Trinajstić information content (AvgIpc) is 2.84. The van der Waals surface area contributed by atoms with Gasteiger partial charge < -0.3 is 9.30 Å². The quantitative estimate of drug-likeness (QED) is 0.906. The van der Waals surface area contributed by atoms with E-state index in [0.29, 0.717) is 0 Å². The molecule has 5 heteroatoms. The molecular weight excluding hydrogens is 236 g/mol. The molecule has 0 fully saturated rings. The molecule has 0 unspecified atom stereocenters. The number of rotatable bonds is 3. The van der Waals surface area contributed by atoms with Gasteiger partial charge in [0.15, 0.2) is 0 Å². The SMILES string of the molecule is CC(C)OC(=O)Nc1ccsc1-n1cccc1. The molecule has 0 aliphatic carbocycles. The van der Waals surface area contributed by atoms with Crippen LogP contribution in [0.3, 0.4) is 0 Å². The zero-order valence-corrected chi connectivity index (χ0v) is 10.5. The first-order valence-electron chi connectivity index (χ1n) is 5.35. The first kappa shape index (κ1) is 11.7. The molecule has 0 aliphatic heterocycles. The summed E-state index contributed by atoms with van der Waals surface area (Å²) in [5.74, 6) is 0. The molecule has 0 radical (unpaired) electrons. The van der Waals surface area contributed by atoms with E-state index in [2.05, 4.69) is 5.32 Å². The molecule has 0 spiro atoms. The first-order valence-corrected chi connectivity index (χ1v) is 6.23. The average molecular weight is 250 g/mol. The summed E-state index contributed by atoms with van der Waals surface area (Å²) in [6.07, 6.45) is 3.32. The van der Waals surface area contributed by atoms with Gasteiger partial charge in [-0.2, -0.15) is 0 Å². The standard InChI is InChI=1S/C12H14N2O2S/c1-9(2)16-12(15)13-10-5-8-17-11(10)14-6-3-4-7-14/h3-9H,1-2H3,(H,13,15). The summed E-state index contributed by atoms with van der Waals surface area (Å²) in [6, 6.07) is 5.74. The van der Waals surface area contributed by atoms with Crippen molar-refractivity contribution in [2.24, 2.45) is 0 Å². The first-order chi connectivity index (χ1) is 8.16. The summed E-state index contributed by atoms with van der Waals surface area (Å²) in [5.41, 5.74) is 0.761. The Hall–Kier alpha value is -1.75. The zero-order chi connectivity index (χ0) is 12.3. The molecule has 0 aliphatic rings. The van der Waals surface area contributed by atoms with Crippen molar-refractivity contribution in [2.75, 3.05) is 5.32 Å². The number of hydrogen-bond donors (Lipinski definition) is 1. The predicted molar refractivity (Wildman–Crippen MR) is 68.9 cm³/mol. The lowest BCUT2D eigenvalue weighted by atomic mass is 10.5. The fourth-order valence-corrected chi connectivity index (χ4v) is 2.24. The number of hydrogen-bond acceptors (Lipinski definition) is 3. The highest BCUT2D eigenvalue weighted by Crippen LogP contribution is 2.26. The van der Waals surface area contributed by atoms with Crippen LogP contribution in [0.4, 0.5) is 10.5 Å². The predicted octanol–water partition coefficient (Wildman–Crippen LogP) is 3.50. The van der Waals surface area contributed by atoms with E-state index in [0.717, 1.165) is 10.7 Å². The second-order valence-electron chi connectivity index (χ2n) is 3.81. The third-order valence-corrected chi connectivity index (χ3v) is 2.99.